The second kappa shape index (κ2) is 13.6. The van der Waals surface area contributed by atoms with Gasteiger partial charge in [-0.3, -0.25) is 9.59 Å². The molecule has 0 saturated carbocycles. The van der Waals surface area contributed by atoms with Gasteiger partial charge in [0.15, 0.2) is 0 Å². The molecule has 202 valence electrons. The Morgan fingerprint density at radius 2 is 1.55 bits per heavy atom. The predicted molar refractivity (Wildman–Crippen MR) is 157 cm³/mol. The van der Waals surface area contributed by atoms with E-state index in [1.807, 2.05) is 68.4 Å². The lowest BCUT2D eigenvalue weighted by molar-refractivity contribution is -0.141. The Kier molecular flexibility index (Phi) is 10.6. The van der Waals surface area contributed by atoms with Crippen molar-refractivity contribution in [3.8, 4) is 0 Å². The number of carbonyl (C=O) groups excluding carboxylic acids is 2. The van der Waals surface area contributed by atoms with Crippen molar-refractivity contribution in [1.82, 2.24) is 10.2 Å². The molecular formula is C33H41ClN2O2. The first kappa shape index (κ1) is 29.4. The van der Waals surface area contributed by atoms with Crippen molar-refractivity contribution in [2.75, 3.05) is 0 Å². The first-order chi connectivity index (χ1) is 18.1. The number of amides is 2. The number of rotatable bonds is 11. The van der Waals surface area contributed by atoms with Crippen molar-refractivity contribution >= 4 is 23.4 Å². The van der Waals surface area contributed by atoms with Gasteiger partial charge in [-0.1, -0.05) is 106 Å². The standard InChI is InChI=1S/C33H41ClN2O2/c1-6-24(2)35-32(38)30(22-26-11-8-7-9-12-26)36(23-27-13-10-14-29(34)21-27)31(37)20-17-25-15-18-28(19-16-25)33(3,4)5/h7-16,18-19,21,24,30H,6,17,20,22-23H2,1-5H3,(H,35,38)/t24-,30+/m1/s1. The molecule has 3 aromatic rings. The molecule has 3 rings (SSSR count). The third-order valence-corrected chi connectivity index (χ3v) is 7.20. The van der Waals surface area contributed by atoms with Gasteiger partial charge in [0.25, 0.3) is 0 Å². The number of carbonyl (C=O) groups is 2. The van der Waals surface area contributed by atoms with Gasteiger partial charge in [0.1, 0.15) is 6.04 Å². The van der Waals surface area contributed by atoms with E-state index in [9.17, 15) is 9.59 Å². The van der Waals surface area contributed by atoms with E-state index in [-0.39, 0.29) is 23.3 Å². The highest BCUT2D eigenvalue weighted by atomic mass is 35.5. The molecule has 38 heavy (non-hydrogen) atoms. The molecule has 0 spiro atoms. The molecule has 0 aliphatic carbocycles. The van der Waals surface area contributed by atoms with Crippen LogP contribution >= 0.6 is 11.6 Å². The monoisotopic (exact) mass is 532 g/mol. The average molecular weight is 533 g/mol. The van der Waals surface area contributed by atoms with Crippen LogP contribution < -0.4 is 5.32 Å². The largest absolute Gasteiger partial charge is 0.352 e. The summed E-state index contributed by atoms with van der Waals surface area (Å²) in [5, 5.41) is 3.73. The third kappa shape index (κ3) is 8.73. The van der Waals surface area contributed by atoms with Crippen LogP contribution in [0.15, 0.2) is 78.9 Å². The van der Waals surface area contributed by atoms with Crippen LogP contribution in [0.25, 0.3) is 0 Å². The number of hydrogen-bond donors (Lipinski definition) is 1. The Labute approximate surface area is 233 Å². The van der Waals surface area contributed by atoms with Gasteiger partial charge in [-0.05, 0) is 59.6 Å². The zero-order valence-corrected chi connectivity index (χ0v) is 24.1. The molecule has 0 aromatic heterocycles. The molecule has 2 amide bonds. The molecule has 0 unspecified atom stereocenters. The second-order valence-corrected chi connectivity index (χ2v) is 11.6. The van der Waals surface area contributed by atoms with Crippen LogP contribution in [0.5, 0.6) is 0 Å². The van der Waals surface area contributed by atoms with Crippen molar-refractivity contribution < 1.29 is 9.59 Å². The Morgan fingerprint density at radius 3 is 2.16 bits per heavy atom. The highest BCUT2D eigenvalue weighted by Gasteiger charge is 2.30. The fraction of sp³-hybridized carbons (Fsp3) is 0.394. The van der Waals surface area contributed by atoms with E-state index in [1.54, 1.807) is 4.90 Å². The molecule has 0 fully saturated rings. The van der Waals surface area contributed by atoms with Crippen LogP contribution in [-0.2, 0) is 34.4 Å². The van der Waals surface area contributed by atoms with Crippen molar-refractivity contribution in [3.63, 3.8) is 0 Å². The predicted octanol–water partition coefficient (Wildman–Crippen LogP) is 7.12. The molecular weight excluding hydrogens is 492 g/mol. The maximum Gasteiger partial charge on any atom is 0.243 e. The molecule has 0 heterocycles. The minimum atomic E-state index is -0.638. The molecule has 2 atom stereocenters. The van der Waals surface area contributed by atoms with Gasteiger partial charge in [-0.15, -0.1) is 0 Å². The van der Waals surface area contributed by atoms with E-state index in [2.05, 4.69) is 50.4 Å². The van der Waals surface area contributed by atoms with Gasteiger partial charge in [0.2, 0.25) is 11.8 Å². The molecule has 0 radical (unpaired) electrons. The van der Waals surface area contributed by atoms with Crippen molar-refractivity contribution in [1.29, 1.82) is 0 Å². The molecule has 0 saturated heterocycles. The average Bonchev–Trinajstić information content (AvgIpc) is 2.89. The first-order valence-corrected chi connectivity index (χ1v) is 13.9. The number of nitrogens with zero attached hydrogens (tertiary/aromatic N) is 1. The van der Waals surface area contributed by atoms with Gasteiger partial charge in [0, 0.05) is 30.5 Å². The van der Waals surface area contributed by atoms with E-state index in [4.69, 9.17) is 11.6 Å². The fourth-order valence-corrected chi connectivity index (χ4v) is 4.61. The molecule has 3 aromatic carbocycles. The van der Waals surface area contributed by atoms with Crippen molar-refractivity contribution in [3.05, 3.63) is 106 Å². The molecule has 0 aliphatic rings. The Bertz CT molecular complexity index is 1190. The summed E-state index contributed by atoms with van der Waals surface area (Å²) in [5.41, 5.74) is 4.36. The lowest BCUT2D eigenvalue weighted by Gasteiger charge is -2.32. The van der Waals surface area contributed by atoms with Crippen molar-refractivity contribution in [2.45, 2.75) is 84.3 Å². The zero-order chi connectivity index (χ0) is 27.7. The first-order valence-electron chi connectivity index (χ1n) is 13.5. The van der Waals surface area contributed by atoms with Gasteiger partial charge in [0.05, 0.1) is 0 Å². The quantitative estimate of drug-likeness (QED) is 0.285. The second-order valence-electron chi connectivity index (χ2n) is 11.1. The zero-order valence-electron chi connectivity index (χ0n) is 23.3. The number of hydrogen-bond acceptors (Lipinski definition) is 2. The van der Waals surface area contributed by atoms with Crippen LogP contribution in [0.2, 0.25) is 5.02 Å². The summed E-state index contributed by atoms with van der Waals surface area (Å²) in [7, 11) is 0. The summed E-state index contributed by atoms with van der Waals surface area (Å²) in [6, 6.07) is 25.3. The summed E-state index contributed by atoms with van der Waals surface area (Å²) in [4.78, 5) is 29.2. The maximum atomic E-state index is 13.8. The van der Waals surface area contributed by atoms with E-state index >= 15 is 0 Å². The van der Waals surface area contributed by atoms with Crippen LogP contribution in [0.1, 0.15) is 69.7 Å². The lowest BCUT2D eigenvalue weighted by atomic mass is 9.86. The molecule has 4 nitrogen and oxygen atoms in total. The fourth-order valence-electron chi connectivity index (χ4n) is 4.39. The summed E-state index contributed by atoms with van der Waals surface area (Å²) < 4.78 is 0. The van der Waals surface area contributed by atoms with E-state index < -0.39 is 6.04 Å². The summed E-state index contributed by atoms with van der Waals surface area (Å²) in [5.74, 6) is -0.182. The Balaban J connectivity index is 1.89. The lowest BCUT2D eigenvalue weighted by Crippen LogP contribution is -2.52. The number of nitrogens with one attached hydrogen (secondary N) is 1. The molecule has 0 bridgehead atoms. The van der Waals surface area contributed by atoms with Crippen molar-refractivity contribution in [2.24, 2.45) is 0 Å². The van der Waals surface area contributed by atoms with Crippen LogP contribution in [0.3, 0.4) is 0 Å². The number of benzene rings is 3. The van der Waals surface area contributed by atoms with Gasteiger partial charge in [-0.25, -0.2) is 0 Å². The van der Waals surface area contributed by atoms with E-state index in [0.29, 0.717) is 30.8 Å². The highest BCUT2D eigenvalue weighted by molar-refractivity contribution is 6.30. The smallest absolute Gasteiger partial charge is 0.243 e. The van der Waals surface area contributed by atoms with E-state index in [0.717, 1.165) is 23.1 Å². The highest BCUT2D eigenvalue weighted by Crippen LogP contribution is 2.23. The van der Waals surface area contributed by atoms with Crippen LogP contribution in [-0.4, -0.2) is 28.8 Å². The summed E-state index contributed by atoms with van der Waals surface area (Å²) in [6.45, 7) is 10.9. The molecule has 1 N–H and O–H groups in total. The van der Waals surface area contributed by atoms with Gasteiger partial charge < -0.3 is 10.2 Å². The van der Waals surface area contributed by atoms with E-state index in [1.165, 1.54) is 5.56 Å². The van der Waals surface area contributed by atoms with Gasteiger partial charge >= 0.3 is 0 Å². The van der Waals surface area contributed by atoms with Crippen LogP contribution in [0, 0.1) is 0 Å². The Hall–Kier alpha value is -3.11. The Morgan fingerprint density at radius 1 is 0.895 bits per heavy atom. The third-order valence-electron chi connectivity index (χ3n) is 6.96. The minimum Gasteiger partial charge on any atom is -0.352 e. The number of halogens is 1. The number of aryl methyl sites for hydroxylation is 1. The summed E-state index contributed by atoms with van der Waals surface area (Å²) >= 11 is 6.27. The normalized spacial score (nSPS) is 13.0. The molecule has 0 aliphatic heterocycles. The summed E-state index contributed by atoms with van der Waals surface area (Å²) in [6.07, 6.45) is 2.18. The van der Waals surface area contributed by atoms with Crippen LogP contribution in [0.4, 0.5) is 0 Å². The SMILES string of the molecule is CC[C@@H](C)NC(=O)[C@H](Cc1ccccc1)N(Cc1cccc(Cl)c1)C(=O)CCc1ccc(C(C)(C)C)cc1. The van der Waals surface area contributed by atoms with Gasteiger partial charge in [-0.2, -0.15) is 0 Å². The molecule has 5 heteroatoms. The minimum absolute atomic E-state index is 0.0187. The maximum absolute atomic E-state index is 13.8. The topological polar surface area (TPSA) is 49.4 Å².